The number of rotatable bonds is 4. The van der Waals surface area contributed by atoms with Gasteiger partial charge >= 0.3 is 5.97 Å². The monoisotopic (exact) mass is 342 g/mol. The minimum absolute atomic E-state index is 0.320. The maximum atomic E-state index is 11.5. The minimum Gasteiger partial charge on any atom is -0.465 e. The Hall–Kier alpha value is -2.83. The first-order valence-corrected chi connectivity index (χ1v) is 8.40. The van der Waals surface area contributed by atoms with E-state index in [1.54, 1.807) is 24.3 Å². The molecule has 7 heteroatoms. The fraction of sp³-hybridized carbons (Fsp3) is 0.389. The zero-order valence-electron chi connectivity index (χ0n) is 14.3. The zero-order chi connectivity index (χ0) is 17.6. The van der Waals surface area contributed by atoms with Crippen molar-refractivity contribution < 1.29 is 14.3 Å². The predicted octanol–water partition coefficient (Wildman–Crippen LogP) is 3.02. The van der Waals surface area contributed by atoms with E-state index < -0.39 is 5.97 Å². The summed E-state index contributed by atoms with van der Waals surface area (Å²) in [5.41, 5.74) is 7.13. The first kappa shape index (κ1) is 17.0. The van der Waals surface area contributed by atoms with Gasteiger partial charge in [0.1, 0.15) is 17.8 Å². The molecule has 2 heterocycles. The van der Waals surface area contributed by atoms with Gasteiger partial charge in [0.25, 0.3) is 0 Å². The Bertz CT molecular complexity index is 726. The van der Waals surface area contributed by atoms with Crippen molar-refractivity contribution in [3.05, 3.63) is 36.2 Å². The van der Waals surface area contributed by atoms with Crippen LogP contribution in [0.15, 0.2) is 30.6 Å². The molecule has 0 saturated carbocycles. The van der Waals surface area contributed by atoms with Crippen LogP contribution < -0.4 is 15.4 Å². The number of aromatic nitrogens is 2. The van der Waals surface area contributed by atoms with E-state index in [9.17, 15) is 4.79 Å². The molecule has 0 amide bonds. The molecule has 0 aliphatic carbocycles. The van der Waals surface area contributed by atoms with E-state index in [-0.39, 0.29) is 0 Å². The number of benzene rings is 1. The third-order valence-electron chi connectivity index (χ3n) is 4.22. The van der Waals surface area contributed by atoms with Crippen molar-refractivity contribution in [1.29, 1.82) is 0 Å². The molecule has 7 nitrogen and oxygen atoms in total. The molecule has 25 heavy (non-hydrogen) atoms. The second-order valence-corrected chi connectivity index (χ2v) is 5.94. The van der Waals surface area contributed by atoms with E-state index in [1.807, 2.05) is 0 Å². The maximum Gasteiger partial charge on any atom is 0.337 e. The van der Waals surface area contributed by atoms with Crippen LogP contribution in [0.2, 0.25) is 0 Å². The Morgan fingerprint density at radius 1 is 1.08 bits per heavy atom. The number of methoxy groups -OCH3 is 1. The third kappa shape index (κ3) is 3.99. The summed E-state index contributed by atoms with van der Waals surface area (Å²) in [4.78, 5) is 22.2. The quantitative estimate of drug-likeness (QED) is 0.854. The van der Waals surface area contributed by atoms with Crippen molar-refractivity contribution in [3.63, 3.8) is 0 Å². The van der Waals surface area contributed by atoms with Gasteiger partial charge < -0.3 is 20.1 Å². The molecule has 1 aliphatic rings. The van der Waals surface area contributed by atoms with Crippen LogP contribution in [0.4, 0.5) is 11.5 Å². The predicted molar refractivity (Wildman–Crippen MR) is 95.0 cm³/mol. The highest BCUT2D eigenvalue weighted by atomic mass is 16.5. The van der Waals surface area contributed by atoms with E-state index in [4.69, 9.17) is 10.5 Å². The van der Waals surface area contributed by atoms with Gasteiger partial charge in [0, 0.05) is 13.1 Å². The van der Waals surface area contributed by atoms with Gasteiger partial charge in [-0.05, 0) is 37.1 Å². The summed E-state index contributed by atoms with van der Waals surface area (Å²) in [6.07, 6.45) is 6.20. The lowest BCUT2D eigenvalue weighted by molar-refractivity contribution is 0.0600. The average Bonchev–Trinajstić information content (AvgIpc) is 2.93. The molecule has 0 bridgehead atoms. The fourth-order valence-electron chi connectivity index (χ4n) is 2.88. The second-order valence-electron chi connectivity index (χ2n) is 5.94. The van der Waals surface area contributed by atoms with E-state index in [0.717, 1.165) is 31.7 Å². The molecule has 3 rings (SSSR count). The number of nitrogen functional groups attached to an aromatic ring is 1. The fourth-order valence-corrected chi connectivity index (χ4v) is 2.88. The number of hydrogen-bond donors (Lipinski definition) is 1. The zero-order valence-corrected chi connectivity index (χ0v) is 14.3. The Morgan fingerprint density at radius 2 is 1.76 bits per heavy atom. The lowest BCUT2D eigenvalue weighted by Gasteiger charge is -2.23. The van der Waals surface area contributed by atoms with Crippen molar-refractivity contribution in [2.75, 3.05) is 30.8 Å². The number of nitrogens with two attached hydrogens (primary N) is 1. The number of ether oxygens (including phenoxy) is 2. The summed E-state index contributed by atoms with van der Waals surface area (Å²) in [7, 11) is 1.35. The molecule has 1 saturated heterocycles. The Labute approximate surface area is 146 Å². The lowest BCUT2D eigenvalue weighted by Crippen LogP contribution is -2.26. The highest BCUT2D eigenvalue weighted by Crippen LogP contribution is 2.32. The van der Waals surface area contributed by atoms with Gasteiger partial charge in [0.15, 0.2) is 5.82 Å². The Balaban J connectivity index is 1.78. The molecule has 132 valence electrons. The standard InChI is InChI=1S/C18H22N4O3/c1-24-18(23)13-6-8-14(9-7-13)25-17-15(19)16(20-12-21-17)22-10-4-2-3-5-11-22/h6-9,12H,2-5,10-11,19H2,1H3. The number of anilines is 2. The summed E-state index contributed by atoms with van der Waals surface area (Å²) < 4.78 is 10.5. The topological polar surface area (TPSA) is 90.6 Å². The van der Waals surface area contributed by atoms with Crippen molar-refractivity contribution in [2.45, 2.75) is 25.7 Å². The number of esters is 1. The number of carbonyl (C=O) groups is 1. The average molecular weight is 342 g/mol. The van der Waals surface area contributed by atoms with Gasteiger partial charge in [-0.15, -0.1) is 0 Å². The minimum atomic E-state index is -0.392. The van der Waals surface area contributed by atoms with E-state index in [0.29, 0.717) is 22.9 Å². The Morgan fingerprint density at radius 3 is 2.40 bits per heavy atom. The van der Waals surface area contributed by atoms with Gasteiger partial charge in [0.2, 0.25) is 5.88 Å². The molecule has 2 N–H and O–H groups in total. The summed E-state index contributed by atoms with van der Waals surface area (Å²) in [5.74, 6) is 1.19. The normalized spacial score (nSPS) is 14.7. The van der Waals surface area contributed by atoms with Gasteiger partial charge in [-0.3, -0.25) is 0 Å². The van der Waals surface area contributed by atoms with Crippen LogP contribution in [0.25, 0.3) is 0 Å². The van der Waals surface area contributed by atoms with Gasteiger partial charge in [-0.1, -0.05) is 12.8 Å². The van der Waals surface area contributed by atoms with Crippen LogP contribution in [0.5, 0.6) is 11.6 Å². The smallest absolute Gasteiger partial charge is 0.337 e. The van der Waals surface area contributed by atoms with E-state index in [2.05, 4.69) is 19.6 Å². The molecule has 1 fully saturated rings. The van der Waals surface area contributed by atoms with E-state index in [1.165, 1.54) is 26.3 Å². The van der Waals surface area contributed by atoms with Crippen LogP contribution in [0.1, 0.15) is 36.0 Å². The van der Waals surface area contributed by atoms with Crippen molar-refractivity contribution in [3.8, 4) is 11.6 Å². The maximum absolute atomic E-state index is 11.5. The number of carbonyl (C=O) groups excluding carboxylic acids is 1. The number of nitrogens with zero attached hydrogens (tertiary/aromatic N) is 3. The molecule has 0 spiro atoms. The second kappa shape index (κ2) is 7.83. The van der Waals surface area contributed by atoms with Gasteiger partial charge in [-0.2, -0.15) is 4.98 Å². The molecule has 1 aromatic heterocycles. The molecule has 0 atom stereocenters. The summed E-state index contributed by atoms with van der Waals surface area (Å²) >= 11 is 0. The first-order valence-electron chi connectivity index (χ1n) is 8.40. The summed E-state index contributed by atoms with van der Waals surface area (Å²) in [5, 5.41) is 0. The van der Waals surface area contributed by atoms with Crippen LogP contribution in [-0.2, 0) is 4.74 Å². The highest BCUT2D eigenvalue weighted by Gasteiger charge is 2.18. The van der Waals surface area contributed by atoms with Crippen LogP contribution in [0.3, 0.4) is 0 Å². The van der Waals surface area contributed by atoms with Crippen molar-refractivity contribution in [1.82, 2.24) is 9.97 Å². The highest BCUT2D eigenvalue weighted by molar-refractivity contribution is 5.89. The summed E-state index contributed by atoms with van der Waals surface area (Å²) in [6.45, 7) is 1.88. The molecular weight excluding hydrogens is 320 g/mol. The van der Waals surface area contributed by atoms with Crippen molar-refractivity contribution in [2.24, 2.45) is 0 Å². The van der Waals surface area contributed by atoms with Gasteiger partial charge in [0.05, 0.1) is 12.7 Å². The molecule has 0 radical (unpaired) electrons. The lowest BCUT2D eigenvalue weighted by atomic mass is 10.2. The number of hydrogen-bond acceptors (Lipinski definition) is 7. The van der Waals surface area contributed by atoms with Crippen LogP contribution in [-0.4, -0.2) is 36.1 Å². The molecule has 1 aromatic carbocycles. The molecule has 0 unspecified atom stereocenters. The molecule has 2 aromatic rings. The first-order chi connectivity index (χ1) is 12.2. The molecule has 1 aliphatic heterocycles. The molecular formula is C18H22N4O3. The van der Waals surface area contributed by atoms with Crippen LogP contribution in [0, 0.1) is 0 Å². The van der Waals surface area contributed by atoms with Crippen LogP contribution >= 0.6 is 0 Å². The Kier molecular flexibility index (Phi) is 5.33. The van der Waals surface area contributed by atoms with Gasteiger partial charge in [-0.25, -0.2) is 9.78 Å². The third-order valence-corrected chi connectivity index (χ3v) is 4.22. The van der Waals surface area contributed by atoms with E-state index >= 15 is 0 Å². The SMILES string of the molecule is COC(=O)c1ccc(Oc2ncnc(N3CCCCCC3)c2N)cc1. The van der Waals surface area contributed by atoms with Crippen molar-refractivity contribution >= 4 is 17.5 Å². The largest absolute Gasteiger partial charge is 0.465 e. The summed E-state index contributed by atoms with van der Waals surface area (Å²) in [6, 6.07) is 6.63.